The van der Waals surface area contributed by atoms with Crippen LogP contribution in [0.4, 0.5) is 5.69 Å². The van der Waals surface area contributed by atoms with E-state index in [0.717, 1.165) is 12.0 Å². The molecule has 0 spiro atoms. The van der Waals surface area contributed by atoms with Crippen molar-refractivity contribution in [2.24, 2.45) is 0 Å². The van der Waals surface area contributed by atoms with Gasteiger partial charge in [-0.3, -0.25) is 9.59 Å². The van der Waals surface area contributed by atoms with Crippen LogP contribution >= 0.6 is 0 Å². The molecule has 2 aliphatic rings. The fourth-order valence-corrected chi connectivity index (χ4v) is 3.77. The fraction of sp³-hybridized carbons (Fsp3) is 0.263. The molecule has 0 saturated carbocycles. The molecule has 116 valence electrons. The largest absolute Gasteiger partial charge is 0.323 e. The van der Waals surface area contributed by atoms with Gasteiger partial charge in [-0.15, -0.1) is 0 Å². The van der Waals surface area contributed by atoms with Crippen molar-refractivity contribution >= 4 is 17.5 Å². The molecular formula is C19H18N2O2. The predicted molar refractivity (Wildman–Crippen MR) is 88.2 cm³/mol. The quantitative estimate of drug-likeness (QED) is 0.927. The Morgan fingerprint density at radius 2 is 1.74 bits per heavy atom. The highest BCUT2D eigenvalue weighted by Crippen LogP contribution is 2.38. The number of hydrogen-bond acceptors (Lipinski definition) is 2. The van der Waals surface area contributed by atoms with Crippen LogP contribution in [-0.2, 0) is 11.2 Å². The molecule has 1 N–H and O–H groups in total. The molecule has 2 aromatic rings. The van der Waals surface area contributed by atoms with E-state index >= 15 is 0 Å². The summed E-state index contributed by atoms with van der Waals surface area (Å²) in [4.78, 5) is 27.8. The molecular weight excluding hydrogens is 288 g/mol. The van der Waals surface area contributed by atoms with Crippen LogP contribution in [0.1, 0.15) is 28.8 Å². The van der Waals surface area contributed by atoms with Gasteiger partial charge >= 0.3 is 0 Å². The maximum Gasteiger partial charge on any atom is 0.256 e. The predicted octanol–water partition coefficient (Wildman–Crippen LogP) is 2.86. The van der Waals surface area contributed by atoms with E-state index in [1.54, 1.807) is 17.0 Å². The van der Waals surface area contributed by atoms with E-state index in [1.165, 1.54) is 0 Å². The molecule has 1 saturated heterocycles. The summed E-state index contributed by atoms with van der Waals surface area (Å²) in [5.41, 5.74) is 1.49. The van der Waals surface area contributed by atoms with Crippen LogP contribution in [-0.4, -0.2) is 28.8 Å². The van der Waals surface area contributed by atoms with Gasteiger partial charge in [0.2, 0.25) is 0 Å². The molecule has 0 aliphatic carbocycles. The monoisotopic (exact) mass is 306 g/mol. The lowest BCUT2D eigenvalue weighted by Crippen LogP contribution is -2.55. The van der Waals surface area contributed by atoms with E-state index in [9.17, 15) is 9.59 Å². The number of anilines is 1. The topological polar surface area (TPSA) is 49.4 Å². The second-order valence-electron chi connectivity index (χ2n) is 6.25. The van der Waals surface area contributed by atoms with Crippen LogP contribution in [0.15, 0.2) is 54.6 Å². The number of benzene rings is 2. The molecule has 0 radical (unpaired) electrons. The Morgan fingerprint density at radius 3 is 2.57 bits per heavy atom. The van der Waals surface area contributed by atoms with Crippen molar-refractivity contribution in [3.8, 4) is 0 Å². The molecule has 0 aromatic heterocycles. The molecule has 1 fully saturated rings. The molecule has 4 nitrogen and oxygen atoms in total. The first-order valence-corrected chi connectivity index (χ1v) is 7.97. The number of nitrogens with zero attached hydrogens (tertiary/aromatic N) is 1. The first-order valence-electron chi connectivity index (χ1n) is 7.97. The number of amides is 2. The standard InChI is InChI=1S/C19H18N2O2/c22-17-15-9-4-5-10-16(15)20-18(23)19(11-6-12-21(17)19)13-14-7-2-1-3-8-14/h1-5,7-10H,6,11-13H2,(H,20,23)/t19-/m1/s1. The van der Waals surface area contributed by atoms with Gasteiger partial charge in [-0.25, -0.2) is 0 Å². The van der Waals surface area contributed by atoms with E-state index in [4.69, 9.17) is 0 Å². The van der Waals surface area contributed by atoms with E-state index in [0.29, 0.717) is 30.6 Å². The molecule has 2 amide bonds. The summed E-state index contributed by atoms with van der Waals surface area (Å²) in [6.07, 6.45) is 2.11. The summed E-state index contributed by atoms with van der Waals surface area (Å²) in [6.45, 7) is 0.632. The number of nitrogens with one attached hydrogen (secondary N) is 1. The highest BCUT2D eigenvalue weighted by atomic mass is 16.2. The van der Waals surface area contributed by atoms with E-state index in [2.05, 4.69) is 5.32 Å². The Hall–Kier alpha value is -2.62. The number of fused-ring (bicyclic) bond motifs is 2. The molecule has 23 heavy (non-hydrogen) atoms. The summed E-state index contributed by atoms with van der Waals surface area (Å²) in [6, 6.07) is 17.2. The lowest BCUT2D eigenvalue weighted by molar-refractivity contribution is -0.125. The Labute approximate surface area is 135 Å². The number of para-hydroxylation sites is 1. The van der Waals surface area contributed by atoms with Gasteiger partial charge in [0.05, 0.1) is 11.3 Å². The molecule has 4 rings (SSSR count). The zero-order valence-corrected chi connectivity index (χ0v) is 12.8. The molecule has 2 heterocycles. The van der Waals surface area contributed by atoms with Gasteiger partial charge in [0, 0.05) is 13.0 Å². The molecule has 2 aliphatic heterocycles. The Balaban J connectivity index is 1.80. The lowest BCUT2D eigenvalue weighted by atomic mass is 9.87. The average Bonchev–Trinajstić information content (AvgIpc) is 2.97. The minimum Gasteiger partial charge on any atom is -0.323 e. The van der Waals surface area contributed by atoms with Gasteiger partial charge in [-0.1, -0.05) is 42.5 Å². The Morgan fingerprint density at radius 1 is 1.00 bits per heavy atom. The highest BCUT2D eigenvalue weighted by molar-refractivity contribution is 6.12. The molecule has 4 heteroatoms. The van der Waals surface area contributed by atoms with Gasteiger partial charge in [0.25, 0.3) is 11.8 Å². The first kappa shape index (κ1) is 14.0. The second kappa shape index (κ2) is 5.23. The van der Waals surface area contributed by atoms with Crippen molar-refractivity contribution in [1.29, 1.82) is 0 Å². The van der Waals surface area contributed by atoms with Crippen LogP contribution in [0.25, 0.3) is 0 Å². The Bertz CT molecular complexity index is 772. The molecule has 1 atom stereocenters. The molecule has 0 bridgehead atoms. The number of rotatable bonds is 2. The van der Waals surface area contributed by atoms with Crippen molar-refractivity contribution in [3.63, 3.8) is 0 Å². The maximum atomic E-state index is 13.0. The second-order valence-corrected chi connectivity index (χ2v) is 6.25. The number of carbonyl (C=O) groups excluding carboxylic acids is 2. The third-order valence-corrected chi connectivity index (χ3v) is 4.90. The molecule has 2 aromatic carbocycles. The van der Waals surface area contributed by atoms with Crippen molar-refractivity contribution in [3.05, 3.63) is 65.7 Å². The third kappa shape index (κ3) is 2.13. The summed E-state index contributed by atoms with van der Waals surface area (Å²) in [5.74, 6) is -0.121. The number of hydrogen-bond donors (Lipinski definition) is 1. The smallest absolute Gasteiger partial charge is 0.256 e. The SMILES string of the molecule is O=C1c2ccccc2NC(=O)[C@]2(Cc3ccccc3)CCCN12. The van der Waals surface area contributed by atoms with Crippen LogP contribution in [0.2, 0.25) is 0 Å². The van der Waals surface area contributed by atoms with E-state index < -0.39 is 5.54 Å². The maximum absolute atomic E-state index is 13.0. The third-order valence-electron chi connectivity index (χ3n) is 4.90. The average molecular weight is 306 g/mol. The van der Waals surface area contributed by atoms with Crippen LogP contribution in [0, 0.1) is 0 Å². The van der Waals surface area contributed by atoms with Crippen molar-refractivity contribution in [2.45, 2.75) is 24.8 Å². The van der Waals surface area contributed by atoms with Gasteiger partial charge in [0.1, 0.15) is 5.54 Å². The van der Waals surface area contributed by atoms with Crippen molar-refractivity contribution in [1.82, 2.24) is 4.90 Å². The summed E-state index contributed by atoms with van der Waals surface area (Å²) in [7, 11) is 0. The number of carbonyl (C=O) groups is 2. The van der Waals surface area contributed by atoms with Crippen LogP contribution in [0.5, 0.6) is 0 Å². The minimum absolute atomic E-state index is 0.0487. The fourth-order valence-electron chi connectivity index (χ4n) is 3.77. The highest BCUT2D eigenvalue weighted by Gasteiger charge is 2.51. The summed E-state index contributed by atoms with van der Waals surface area (Å²) < 4.78 is 0. The van der Waals surface area contributed by atoms with E-state index in [1.807, 2.05) is 42.5 Å². The minimum atomic E-state index is -0.780. The van der Waals surface area contributed by atoms with Gasteiger partial charge in [-0.05, 0) is 30.5 Å². The van der Waals surface area contributed by atoms with Gasteiger partial charge in [-0.2, -0.15) is 0 Å². The Kier molecular flexibility index (Phi) is 3.18. The lowest BCUT2D eigenvalue weighted by Gasteiger charge is -2.35. The zero-order chi connectivity index (χ0) is 15.9. The molecule has 0 unspecified atom stereocenters. The van der Waals surface area contributed by atoms with Crippen molar-refractivity contribution in [2.75, 3.05) is 11.9 Å². The van der Waals surface area contributed by atoms with Gasteiger partial charge in [0.15, 0.2) is 0 Å². The zero-order valence-electron chi connectivity index (χ0n) is 12.8. The van der Waals surface area contributed by atoms with Crippen LogP contribution in [0.3, 0.4) is 0 Å². The summed E-state index contributed by atoms with van der Waals surface area (Å²) >= 11 is 0. The first-order chi connectivity index (χ1) is 11.2. The van der Waals surface area contributed by atoms with E-state index in [-0.39, 0.29) is 11.8 Å². The summed E-state index contributed by atoms with van der Waals surface area (Å²) in [5, 5.41) is 2.98. The normalized spacial score (nSPS) is 23.0. The van der Waals surface area contributed by atoms with Gasteiger partial charge < -0.3 is 10.2 Å². The van der Waals surface area contributed by atoms with Crippen LogP contribution < -0.4 is 5.32 Å². The van der Waals surface area contributed by atoms with Crippen molar-refractivity contribution < 1.29 is 9.59 Å².